The van der Waals surface area contributed by atoms with E-state index in [0.717, 1.165) is 11.3 Å². The monoisotopic (exact) mass is 482 g/mol. The first-order chi connectivity index (χ1) is 17.1. The van der Waals surface area contributed by atoms with E-state index in [1.165, 1.54) is 0 Å². The largest absolute Gasteiger partial charge is 0.457 e. The number of fused-ring (bicyclic) bond motifs is 1. The zero-order valence-corrected chi connectivity index (χ0v) is 21.0. The first kappa shape index (κ1) is 25.0. The van der Waals surface area contributed by atoms with E-state index in [1.807, 2.05) is 87.4 Å². The molecular formula is C30H30N2O4. The molecule has 6 heteroatoms. The zero-order valence-electron chi connectivity index (χ0n) is 21.0. The predicted octanol–water partition coefficient (Wildman–Crippen LogP) is 4.51. The van der Waals surface area contributed by atoms with E-state index in [-0.39, 0.29) is 19.0 Å². The molecule has 0 saturated carbocycles. The summed E-state index contributed by atoms with van der Waals surface area (Å²) in [7, 11) is 3.91. The van der Waals surface area contributed by atoms with Gasteiger partial charge in [0.2, 0.25) is 5.60 Å². The molecule has 0 aliphatic carbocycles. The second-order valence-corrected chi connectivity index (χ2v) is 9.88. The van der Waals surface area contributed by atoms with Crippen LogP contribution < -0.4 is 10.2 Å². The molecule has 0 radical (unpaired) electrons. The molecule has 1 amide bonds. The number of esters is 1. The molecule has 0 saturated heterocycles. The van der Waals surface area contributed by atoms with E-state index < -0.39 is 16.9 Å². The van der Waals surface area contributed by atoms with Crippen molar-refractivity contribution in [2.24, 2.45) is 0 Å². The smallest absolute Gasteiger partial charge is 0.338 e. The van der Waals surface area contributed by atoms with E-state index in [4.69, 9.17) is 4.74 Å². The van der Waals surface area contributed by atoms with E-state index in [1.54, 1.807) is 18.2 Å². The number of rotatable bonds is 6. The van der Waals surface area contributed by atoms with Crippen molar-refractivity contribution in [3.05, 3.63) is 95.1 Å². The molecule has 1 atom stereocenters. The number of hydrogen-bond donors (Lipinski definition) is 2. The Morgan fingerprint density at radius 3 is 2.42 bits per heavy atom. The zero-order chi connectivity index (χ0) is 25.9. The third-order valence-electron chi connectivity index (χ3n) is 6.37. The highest BCUT2D eigenvalue weighted by Gasteiger charge is 2.41. The maximum absolute atomic E-state index is 13.5. The topological polar surface area (TPSA) is 78.9 Å². The van der Waals surface area contributed by atoms with Gasteiger partial charge in [0.25, 0.3) is 5.91 Å². The van der Waals surface area contributed by atoms with Crippen LogP contribution in [0.5, 0.6) is 0 Å². The molecular weight excluding hydrogens is 452 g/mol. The molecule has 1 heterocycles. The lowest BCUT2D eigenvalue weighted by atomic mass is 9.75. The third-order valence-corrected chi connectivity index (χ3v) is 6.37. The highest BCUT2D eigenvalue weighted by Crippen LogP contribution is 2.33. The number of hydrogen-bond acceptors (Lipinski definition) is 5. The predicted molar refractivity (Wildman–Crippen MR) is 141 cm³/mol. The van der Waals surface area contributed by atoms with Crippen LogP contribution in [-0.4, -0.2) is 36.7 Å². The molecule has 184 valence electrons. The Kier molecular flexibility index (Phi) is 6.87. The van der Waals surface area contributed by atoms with Gasteiger partial charge in [-0.3, -0.25) is 4.79 Å². The van der Waals surface area contributed by atoms with Crippen LogP contribution in [-0.2, 0) is 21.6 Å². The summed E-state index contributed by atoms with van der Waals surface area (Å²) in [5.41, 5.74) is 1.81. The highest BCUT2D eigenvalue weighted by atomic mass is 16.5. The minimum atomic E-state index is -1.98. The van der Waals surface area contributed by atoms with Gasteiger partial charge in [0.15, 0.2) is 0 Å². The van der Waals surface area contributed by atoms with Gasteiger partial charge >= 0.3 is 5.97 Å². The van der Waals surface area contributed by atoms with Crippen molar-refractivity contribution < 1.29 is 19.4 Å². The van der Waals surface area contributed by atoms with Crippen molar-refractivity contribution in [2.45, 2.75) is 37.9 Å². The van der Waals surface area contributed by atoms with Gasteiger partial charge in [-0.2, -0.15) is 0 Å². The number of amides is 1. The molecule has 0 bridgehead atoms. The Morgan fingerprint density at radius 2 is 1.75 bits per heavy atom. The minimum Gasteiger partial charge on any atom is -0.457 e. The van der Waals surface area contributed by atoms with Gasteiger partial charge < -0.3 is 20.1 Å². The van der Waals surface area contributed by atoms with Crippen LogP contribution in [0.4, 0.5) is 11.4 Å². The van der Waals surface area contributed by atoms with Gasteiger partial charge in [-0.15, -0.1) is 0 Å². The SMILES string of the molecule is CN(C)c1ccc(C#CC(O)(CC(C)(C)c2ccccc2)C(=O)Nc2ccc3c(c2)COC3=O)cc1. The third kappa shape index (κ3) is 5.42. The number of carbonyl (C=O) groups is 2. The molecule has 1 aliphatic heterocycles. The molecule has 3 aromatic rings. The number of carbonyl (C=O) groups excluding carboxylic acids is 2. The molecule has 36 heavy (non-hydrogen) atoms. The van der Waals surface area contributed by atoms with E-state index in [0.29, 0.717) is 22.4 Å². The number of ether oxygens (including phenoxy) is 1. The fourth-order valence-corrected chi connectivity index (χ4v) is 4.28. The first-order valence-corrected chi connectivity index (χ1v) is 11.8. The van der Waals surface area contributed by atoms with Gasteiger partial charge in [-0.1, -0.05) is 56.0 Å². The summed E-state index contributed by atoms with van der Waals surface area (Å²) in [6, 6.07) is 22.3. The second kappa shape index (κ2) is 9.88. The molecule has 2 N–H and O–H groups in total. The van der Waals surface area contributed by atoms with Crippen molar-refractivity contribution in [3.8, 4) is 11.8 Å². The summed E-state index contributed by atoms with van der Waals surface area (Å²) in [6.45, 7) is 4.12. The quantitative estimate of drug-likeness (QED) is 0.399. The van der Waals surface area contributed by atoms with Crippen LogP contribution in [0.25, 0.3) is 0 Å². The molecule has 0 aromatic heterocycles. The summed E-state index contributed by atoms with van der Waals surface area (Å²) in [6.07, 6.45) is 0.0746. The summed E-state index contributed by atoms with van der Waals surface area (Å²) in [5, 5.41) is 14.5. The van der Waals surface area contributed by atoms with Gasteiger partial charge in [0, 0.05) is 43.0 Å². The Balaban J connectivity index is 1.65. The van der Waals surface area contributed by atoms with Crippen molar-refractivity contribution in [2.75, 3.05) is 24.3 Å². The van der Waals surface area contributed by atoms with Crippen LogP contribution in [0, 0.1) is 11.8 Å². The number of nitrogens with zero attached hydrogens (tertiary/aromatic N) is 1. The summed E-state index contributed by atoms with van der Waals surface area (Å²) < 4.78 is 5.05. The van der Waals surface area contributed by atoms with E-state index >= 15 is 0 Å². The molecule has 6 nitrogen and oxygen atoms in total. The van der Waals surface area contributed by atoms with Crippen LogP contribution in [0.15, 0.2) is 72.8 Å². The molecule has 4 rings (SSSR count). The Labute approximate surface area is 211 Å². The van der Waals surface area contributed by atoms with Crippen molar-refractivity contribution in [1.29, 1.82) is 0 Å². The van der Waals surface area contributed by atoms with Crippen molar-refractivity contribution in [3.63, 3.8) is 0 Å². The number of benzene rings is 3. The standard InChI is InChI=1S/C30H30N2O4/c1-29(2,23-8-6-5-7-9-23)20-30(35,17-16-21-10-13-25(14-11-21)32(3)4)28(34)31-24-12-15-26-22(18-24)19-36-27(26)33/h5-15,18,35H,19-20H2,1-4H3,(H,31,34). The number of aliphatic hydroxyl groups is 1. The average Bonchev–Trinajstić information content (AvgIpc) is 3.23. The number of cyclic esters (lactones) is 1. The lowest BCUT2D eigenvalue weighted by Gasteiger charge is -2.32. The average molecular weight is 483 g/mol. The fourth-order valence-electron chi connectivity index (χ4n) is 4.28. The van der Waals surface area contributed by atoms with Crippen LogP contribution in [0.1, 0.15) is 47.3 Å². The molecule has 1 aliphatic rings. The van der Waals surface area contributed by atoms with Crippen molar-refractivity contribution in [1.82, 2.24) is 0 Å². The first-order valence-electron chi connectivity index (χ1n) is 11.8. The lowest BCUT2D eigenvalue weighted by Crippen LogP contribution is -2.46. The Morgan fingerprint density at radius 1 is 1.06 bits per heavy atom. The molecule has 0 spiro atoms. The molecule has 1 unspecified atom stereocenters. The Hall–Kier alpha value is -4.08. The fraction of sp³-hybridized carbons (Fsp3) is 0.267. The number of nitrogens with one attached hydrogen (secondary N) is 1. The summed E-state index contributed by atoms with van der Waals surface area (Å²) in [5.74, 6) is 4.85. The van der Waals surface area contributed by atoms with Gasteiger partial charge in [-0.25, -0.2) is 4.79 Å². The molecule has 0 fully saturated rings. The van der Waals surface area contributed by atoms with Gasteiger partial charge in [0.1, 0.15) is 6.61 Å². The maximum atomic E-state index is 13.5. The van der Waals surface area contributed by atoms with Crippen LogP contribution in [0.2, 0.25) is 0 Å². The normalized spacial score (nSPS) is 14.1. The van der Waals surface area contributed by atoms with Gasteiger partial charge in [0.05, 0.1) is 5.56 Å². The van der Waals surface area contributed by atoms with E-state index in [9.17, 15) is 14.7 Å². The highest BCUT2D eigenvalue weighted by molar-refractivity contribution is 6.01. The van der Waals surface area contributed by atoms with Crippen molar-refractivity contribution >= 4 is 23.3 Å². The van der Waals surface area contributed by atoms with E-state index in [2.05, 4.69) is 17.2 Å². The lowest BCUT2D eigenvalue weighted by molar-refractivity contribution is -0.130. The second-order valence-electron chi connectivity index (χ2n) is 9.88. The van der Waals surface area contributed by atoms with Crippen LogP contribution >= 0.6 is 0 Å². The van der Waals surface area contributed by atoms with Gasteiger partial charge in [-0.05, 0) is 53.4 Å². The van der Waals surface area contributed by atoms with Crippen LogP contribution in [0.3, 0.4) is 0 Å². The molecule has 3 aromatic carbocycles. The maximum Gasteiger partial charge on any atom is 0.338 e. The number of anilines is 2. The Bertz CT molecular complexity index is 1330. The minimum absolute atomic E-state index is 0.0746. The summed E-state index contributed by atoms with van der Waals surface area (Å²) in [4.78, 5) is 27.2. The summed E-state index contributed by atoms with van der Waals surface area (Å²) >= 11 is 0.